The molecule has 33 heavy (non-hydrogen) atoms. The fourth-order valence-corrected chi connectivity index (χ4v) is 5.98. The SMILES string of the molecule is COC(=O)c1ccccc1S(=O)(=O)/N=c1\sc(C(C)C)cn1Cc1cccc2ccccc12. The lowest BCUT2D eigenvalue weighted by Gasteiger charge is -2.08. The molecule has 0 aliphatic carbocycles. The van der Waals surface area contributed by atoms with Crippen molar-refractivity contribution in [3.8, 4) is 0 Å². The summed E-state index contributed by atoms with van der Waals surface area (Å²) >= 11 is 1.33. The Kier molecular flexibility index (Phi) is 6.49. The molecule has 1 aromatic heterocycles. The van der Waals surface area contributed by atoms with Crippen molar-refractivity contribution < 1.29 is 17.9 Å². The van der Waals surface area contributed by atoms with E-state index >= 15 is 0 Å². The van der Waals surface area contributed by atoms with Crippen LogP contribution in [0.4, 0.5) is 0 Å². The molecule has 8 heteroatoms. The van der Waals surface area contributed by atoms with Crippen molar-refractivity contribution in [2.75, 3.05) is 7.11 Å². The predicted octanol–water partition coefficient (Wildman–Crippen LogP) is 4.95. The maximum absolute atomic E-state index is 13.3. The molecule has 4 rings (SSSR count). The van der Waals surface area contributed by atoms with Crippen LogP contribution in [0.15, 0.2) is 82.2 Å². The molecule has 0 amide bonds. The number of carbonyl (C=O) groups is 1. The molecule has 0 fully saturated rings. The molecule has 0 spiro atoms. The lowest BCUT2D eigenvalue weighted by Crippen LogP contribution is -2.18. The van der Waals surface area contributed by atoms with Gasteiger partial charge in [-0.25, -0.2) is 4.79 Å². The van der Waals surface area contributed by atoms with Gasteiger partial charge in [0.1, 0.15) is 4.90 Å². The van der Waals surface area contributed by atoms with Crippen LogP contribution in [-0.4, -0.2) is 26.1 Å². The molecule has 0 saturated heterocycles. The van der Waals surface area contributed by atoms with Crippen molar-refractivity contribution in [2.24, 2.45) is 4.40 Å². The summed E-state index contributed by atoms with van der Waals surface area (Å²) in [6, 6.07) is 20.1. The van der Waals surface area contributed by atoms with Crippen molar-refractivity contribution in [3.63, 3.8) is 0 Å². The third kappa shape index (κ3) is 4.77. The van der Waals surface area contributed by atoms with E-state index in [0.29, 0.717) is 11.3 Å². The molecule has 6 nitrogen and oxygen atoms in total. The maximum atomic E-state index is 13.3. The molecule has 0 aliphatic rings. The standard InChI is InChI=1S/C25H24N2O4S2/c1-17(2)22-16-27(15-19-11-8-10-18-9-4-5-12-20(18)19)25(32-22)26-33(29,30)23-14-7-6-13-21(23)24(28)31-3/h4-14,16-17H,15H2,1-3H3/b26-25-. The Bertz CT molecular complexity index is 1490. The molecular weight excluding hydrogens is 456 g/mol. The van der Waals surface area contributed by atoms with Crippen LogP contribution in [0.2, 0.25) is 0 Å². The van der Waals surface area contributed by atoms with Gasteiger partial charge in [0.15, 0.2) is 0 Å². The van der Waals surface area contributed by atoms with Gasteiger partial charge < -0.3 is 9.30 Å². The van der Waals surface area contributed by atoms with Crippen LogP contribution < -0.4 is 4.80 Å². The van der Waals surface area contributed by atoms with E-state index in [0.717, 1.165) is 21.2 Å². The normalized spacial score (nSPS) is 12.4. The van der Waals surface area contributed by atoms with Gasteiger partial charge in [-0.3, -0.25) is 0 Å². The molecule has 0 unspecified atom stereocenters. The first-order valence-corrected chi connectivity index (χ1v) is 12.7. The van der Waals surface area contributed by atoms with Crippen molar-refractivity contribution in [1.29, 1.82) is 0 Å². The fraction of sp³-hybridized carbons (Fsp3) is 0.200. The number of fused-ring (bicyclic) bond motifs is 1. The Morgan fingerprint density at radius 1 is 1.03 bits per heavy atom. The highest BCUT2D eigenvalue weighted by molar-refractivity contribution is 7.90. The number of ether oxygens (including phenoxy) is 1. The van der Waals surface area contributed by atoms with E-state index in [9.17, 15) is 13.2 Å². The third-order valence-electron chi connectivity index (χ3n) is 5.30. The van der Waals surface area contributed by atoms with Crippen LogP contribution >= 0.6 is 11.3 Å². The van der Waals surface area contributed by atoms with Crippen molar-refractivity contribution in [3.05, 3.63) is 93.7 Å². The Morgan fingerprint density at radius 2 is 1.73 bits per heavy atom. The number of aromatic nitrogens is 1. The number of benzene rings is 3. The van der Waals surface area contributed by atoms with Crippen LogP contribution in [0.25, 0.3) is 10.8 Å². The van der Waals surface area contributed by atoms with E-state index in [1.807, 2.05) is 35.0 Å². The van der Waals surface area contributed by atoms with Crippen LogP contribution in [0.1, 0.15) is 40.6 Å². The lowest BCUT2D eigenvalue weighted by molar-refractivity contribution is 0.0596. The fourth-order valence-electron chi connectivity index (χ4n) is 3.59. The number of esters is 1. The zero-order chi connectivity index (χ0) is 23.6. The topological polar surface area (TPSA) is 77.7 Å². The molecular formula is C25H24N2O4S2. The number of methoxy groups -OCH3 is 1. The third-order valence-corrected chi connectivity index (χ3v) is 8.06. The number of thiazole rings is 1. The molecule has 0 radical (unpaired) electrons. The van der Waals surface area contributed by atoms with Gasteiger partial charge in [-0.15, -0.1) is 15.7 Å². The van der Waals surface area contributed by atoms with Crippen LogP contribution in [0.3, 0.4) is 0 Å². The first-order valence-electron chi connectivity index (χ1n) is 10.5. The highest BCUT2D eigenvalue weighted by Crippen LogP contribution is 2.23. The Labute approximate surface area is 196 Å². The Balaban J connectivity index is 1.86. The van der Waals surface area contributed by atoms with Gasteiger partial charge in [0.05, 0.1) is 19.2 Å². The minimum absolute atomic E-state index is 0.0370. The minimum atomic E-state index is -4.15. The molecule has 0 N–H and O–H groups in total. The van der Waals surface area contributed by atoms with Gasteiger partial charge in [0.2, 0.25) is 4.80 Å². The van der Waals surface area contributed by atoms with Gasteiger partial charge in [-0.05, 0) is 34.4 Å². The summed E-state index contributed by atoms with van der Waals surface area (Å²) in [5, 5.41) is 2.22. The van der Waals surface area contributed by atoms with E-state index in [2.05, 4.69) is 36.4 Å². The van der Waals surface area contributed by atoms with Gasteiger partial charge in [-0.1, -0.05) is 68.4 Å². The number of rotatable bonds is 6. The number of hydrogen-bond donors (Lipinski definition) is 0. The average Bonchev–Trinajstić information content (AvgIpc) is 3.20. The minimum Gasteiger partial charge on any atom is -0.465 e. The Hall–Kier alpha value is -3.23. The maximum Gasteiger partial charge on any atom is 0.339 e. The zero-order valence-electron chi connectivity index (χ0n) is 18.6. The largest absolute Gasteiger partial charge is 0.465 e. The summed E-state index contributed by atoms with van der Waals surface area (Å²) in [5.74, 6) is -0.509. The molecule has 0 bridgehead atoms. The van der Waals surface area contributed by atoms with Crippen molar-refractivity contribution >= 4 is 38.1 Å². The molecule has 170 valence electrons. The first-order chi connectivity index (χ1) is 15.8. The van der Waals surface area contributed by atoms with E-state index in [4.69, 9.17) is 4.74 Å². The number of nitrogens with zero attached hydrogens (tertiary/aromatic N) is 2. The molecule has 1 heterocycles. The molecule has 0 aliphatic heterocycles. The number of carbonyl (C=O) groups excluding carboxylic acids is 1. The van der Waals surface area contributed by atoms with Gasteiger partial charge in [-0.2, -0.15) is 8.42 Å². The van der Waals surface area contributed by atoms with Gasteiger partial charge >= 0.3 is 5.97 Å². The Morgan fingerprint density at radius 3 is 2.48 bits per heavy atom. The highest BCUT2D eigenvalue weighted by Gasteiger charge is 2.23. The van der Waals surface area contributed by atoms with Crippen LogP contribution in [-0.2, 0) is 21.3 Å². The summed E-state index contributed by atoms with van der Waals surface area (Å²) in [7, 11) is -2.94. The van der Waals surface area contributed by atoms with E-state index in [1.165, 1.54) is 30.6 Å². The second-order valence-corrected chi connectivity index (χ2v) is 10.5. The van der Waals surface area contributed by atoms with Gasteiger partial charge in [0, 0.05) is 11.1 Å². The summed E-state index contributed by atoms with van der Waals surface area (Å²) in [6.45, 7) is 4.58. The van der Waals surface area contributed by atoms with Crippen LogP contribution in [0, 0.1) is 0 Å². The monoisotopic (exact) mass is 480 g/mol. The number of hydrogen-bond acceptors (Lipinski definition) is 5. The molecule has 3 aromatic carbocycles. The summed E-state index contributed by atoms with van der Waals surface area (Å²) < 4.78 is 37.3. The predicted molar refractivity (Wildman–Crippen MR) is 130 cm³/mol. The van der Waals surface area contributed by atoms with E-state index < -0.39 is 16.0 Å². The molecule has 0 atom stereocenters. The summed E-state index contributed by atoms with van der Waals surface area (Å²) in [6.07, 6.45) is 1.96. The second kappa shape index (κ2) is 9.33. The van der Waals surface area contributed by atoms with E-state index in [1.54, 1.807) is 12.1 Å². The lowest BCUT2D eigenvalue weighted by atomic mass is 10.0. The average molecular weight is 481 g/mol. The van der Waals surface area contributed by atoms with Gasteiger partial charge in [0.25, 0.3) is 10.0 Å². The van der Waals surface area contributed by atoms with Crippen molar-refractivity contribution in [1.82, 2.24) is 4.57 Å². The smallest absolute Gasteiger partial charge is 0.339 e. The molecule has 0 saturated carbocycles. The zero-order valence-corrected chi connectivity index (χ0v) is 20.2. The van der Waals surface area contributed by atoms with Crippen molar-refractivity contribution in [2.45, 2.75) is 31.2 Å². The van der Waals surface area contributed by atoms with Crippen LogP contribution in [0.5, 0.6) is 0 Å². The van der Waals surface area contributed by atoms with E-state index in [-0.39, 0.29) is 16.4 Å². The number of sulfonamides is 1. The quantitative estimate of drug-likeness (QED) is 0.366. The first kappa shape index (κ1) is 22.9. The molecule has 4 aromatic rings. The summed E-state index contributed by atoms with van der Waals surface area (Å²) in [4.78, 5) is 13.3. The highest BCUT2D eigenvalue weighted by atomic mass is 32.2. The summed E-state index contributed by atoms with van der Waals surface area (Å²) in [5.41, 5.74) is 1.03. The second-order valence-electron chi connectivity index (χ2n) is 7.89.